The molecule has 7 nitrogen and oxygen atoms in total. The first kappa shape index (κ1) is 19.0. The van der Waals surface area contributed by atoms with Crippen LogP contribution in [0.1, 0.15) is 30.6 Å². The van der Waals surface area contributed by atoms with Crippen LogP contribution in [0.4, 0.5) is 17.1 Å². The van der Waals surface area contributed by atoms with Crippen molar-refractivity contribution >= 4 is 34.8 Å². The fourth-order valence-corrected chi connectivity index (χ4v) is 2.20. The molecule has 0 fully saturated rings. The SMILES string of the molecule is CCC(OC(=O)c1ccc(N)cc1)C(=O)Nc1ccc(NC(C)=O)cc1. The summed E-state index contributed by atoms with van der Waals surface area (Å²) in [6.45, 7) is 3.16. The second kappa shape index (κ2) is 8.66. The van der Waals surface area contributed by atoms with Crippen molar-refractivity contribution in [3.05, 3.63) is 54.1 Å². The molecule has 0 radical (unpaired) electrons. The highest BCUT2D eigenvalue weighted by molar-refractivity contribution is 5.98. The number of nitrogens with two attached hydrogens (primary N) is 1. The van der Waals surface area contributed by atoms with Gasteiger partial charge in [0.1, 0.15) is 0 Å². The first-order chi connectivity index (χ1) is 12.4. The van der Waals surface area contributed by atoms with Crippen molar-refractivity contribution in [3.8, 4) is 0 Å². The summed E-state index contributed by atoms with van der Waals surface area (Å²) in [5.41, 5.74) is 7.60. The van der Waals surface area contributed by atoms with E-state index in [1.807, 2.05) is 0 Å². The molecular formula is C19H21N3O4. The number of nitrogen functional groups attached to an aromatic ring is 1. The molecule has 7 heteroatoms. The van der Waals surface area contributed by atoms with Gasteiger partial charge in [-0.25, -0.2) is 4.79 Å². The number of amides is 2. The summed E-state index contributed by atoms with van der Waals surface area (Å²) < 4.78 is 5.29. The summed E-state index contributed by atoms with van der Waals surface area (Å²) in [7, 11) is 0. The molecule has 4 N–H and O–H groups in total. The number of ether oxygens (including phenoxy) is 1. The Morgan fingerprint density at radius 1 is 0.962 bits per heavy atom. The van der Waals surface area contributed by atoms with Crippen molar-refractivity contribution in [2.45, 2.75) is 26.4 Å². The molecule has 0 aliphatic carbocycles. The molecular weight excluding hydrogens is 334 g/mol. The van der Waals surface area contributed by atoms with Crippen LogP contribution >= 0.6 is 0 Å². The minimum atomic E-state index is -0.921. The van der Waals surface area contributed by atoms with Crippen LogP contribution in [-0.2, 0) is 14.3 Å². The maximum Gasteiger partial charge on any atom is 0.338 e. The van der Waals surface area contributed by atoms with Gasteiger partial charge in [-0.15, -0.1) is 0 Å². The maximum atomic E-state index is 12.3. The average molecular weight is 355 g/mol. The van der Waals surface area contributed by atoms with Gasteiger partial charge < -0.3 is 21.1 Å². The zero-order chi connectivity index (χ0) is 19.1. The molecule has 1 atom stereocenters. The Morgan fingerprint density at radius 3 is 2.00 bits per heavy atom. The summed E-state index contributed by atoms with van der Waals surface area (Å²) in [5, 5.41) is 5.33. The molecule has 0 aliphatic heterocycles. The van der Waals surface area contributed by atoms with Crippen LogP contribution in [0.3, 0.4) is 0 Å². The van der Waals surface area contributed by atoms with Crippen molar-refractivity contribution in [2.75, 3.05) is 16.4 Å². The van der Waals surface area contributed by atoms with Gasteiger partial charge in [0.05, 0.1) is 5.56 Å². The quantitative estimate of drug-likeness (QED) is 0.545. The monoisotopic (exact) mass is 355 g/mol. The average Bonchev–Trinajstić information content (AvgIpc) is 2.61. The highest BCUT2D eigenvalue weighted by Crippen LogP contribution is 2.15. The molecule has 0 saturated heterocycles. The number of nitrogens with one attached hydrogen (secondary N) is 2. The number of carbonyl (C=O) groups excluding carboxylic acids is 3. The molecule has 1 unspecified atom stereocenters. The minimum absolute atomic E-state index is 0.178. The van der Waals surface area contributed by atoms with E-state index in [1.54, 1.807) is 55.5 Å². The van der Waals surface area contributed by atoms with E-state index in [-0.39, 0.29) is 5.91 Å². The molecule has 0 saturated carbocycles. The molecule has 2 rings (SSSR count). The third kappa shape index (κ3) is 5.34. The first-order valence-electron chi connectivity index (χ1n) is 8.14. The highest BCUT2D eigenvalue weighted by atomic mass is 16.5. The first-order valence-corrected chi connectivity index (χ1v) is 8.14. The lowest BCUT2D eigenvalue weighted by Crippen LogP contribution is -2.32. The largest absolute Gasteiger partial charge is 0.449 e. The van der Waals surface area contributed by atoms with Gasteiger partial charge in [-0.05, 0) is 55.0 Å². The number of anilines is 3. The number of hydrogen-bond donors (Lipinski definition) is 3. The summed E-state index contributed by atoms with van der Waals surface area (Å²) in [6.07, 6.45) is -0.591. The molecule has 2 aromatic carbocycles. The number of benzene rings is 2. The van der Waals surface area contributed by atoms with Crippen molar-refractivity contribution in [3.63, 3.8) is 0 Å². The Bertz CT molecular complexity index is 785. The van der Waals surface area contributed by atoms with Crippen LogP contribution in [0.2, 0.25) is 0 Å². The van der Waals surface area contributed by atoms with Gasteiger partial charge >= 0.3 is 5.97 Å². The summed E-state index contributed by atoms with van der Waals surface area (Å²) in [5.74, 6) is -1.20. The topological polar surface area (TPSA) is 111 Å². The van der Waals surface area contributed by atoms with Gasteiger partial charge in [0.15, 0.2) is 6.10 Å². The predicted molar refractivity (Wildman–Crippen MR) is 99.7 cm³/mol. The summed E-state index contributed by atoms with van der Waals surface area (Å²) in [4.78, 5) is 35.5. The second-order valence-electron chi connectivity index (χ2n) is 5.67. The van der Waals surface area contributed by atoms with Crippen LogP contribution in [0.25, 0.3) is 0 Å². The van der Waals surface area contributed by atoms with E-state index in [0.29, 0.717) is 29.0 Å². The minimum Gasteiger partial charge on any atom is -0.449 e. The zero-order valence-electron chi connectivity index (χ0n) is 14.6. The lowest BCUT2D eigenvalue weighted by atomic mass is 10.2. The Labute approximate surface area is 151 Å². The van der Waals surface area contributed by atoms with E-state index >= 15 is 0 Å². The third-order valence-electron chi connectivity index (χ3n) is 3.53. The zero-order valence-corrected chi connectivity index (χ0v) is 14.6. The van der Waals surface area contributed by atoms with Crippen LogP contribution in [0.15, 0.2) is 48.5 Å². The highest BCUT2D eigenvalue weighted by Gasteiger charge is 2.22. The van der Waals surface area contributed by atoms with Gasteiger partial charge in [0, 0.05) is 24.0 Å². The van der Waals surface area contributed by atoms with E-state index in [2.05, 4.69) is 10.6 Å². The van der Waals surface area contributed by atoms with E-state index < -0.39 is 18.0 Å². The number of carbonyl (C=O) groups is 3. The molecule has 2 amide bonds. The summed E-state index contributed by atoms with van der Waals surface area (Å²) >= 11 is 0. The van der Waals surface area contributed by atoms with E-state index in [4.69, 9.17) is 10.5 Å². The van der Waals surface area contributed by atoms with Crippen molar-refractivity contribution in [1.29, 1.82) is 0 Å². The molecule has 0 spiro atoms. The molecule has 0 bridgehead atoms. The van der Waals surface area contributed by atoms with E-state index in [1.165, 1.54) is 6.92 Å². The van der Waals surface area contributed by atoms with Gasteiger partial charge in [0.2, 0.25) is 5.91 Å². The molecule has 26 heavy (non-hydrogen) atoms. The van der Waals surface area contributed by atoms with E-state index in [0.717, 1.165) is 0 Å². The predicted octanol–water partition coefficient (Wildman–Crippen LogP) is 2.80. The molecule has 136 valence electrons. The van der Waals surface area contributed by atoms with Crippen molar-refractivity contribution in [2.24, 2.45) is 0 Å². The Kier molecular flexibility index (Phi) is 6.32. The van der Waals surface area contributed by atoms with Crippen LogP contribution in [0, 0.1) is 0 Å². The van der Waals surface area contributed by atoms with Crippen LogP contribution in [-0.4, -0.2) is 23.9 Å². The number of esters is 1. The summed E-state index contributed by atoms with van der Waals surface area (Å²) in [6, 6.07) is 12.9. The van der Waals surface area contributed by atoms with Gasteiger partial charge in [-0.1, -0.05) is 6.92 Å². The Balaban J connectivity index is 1.98. The smallest absolute Gasteiger partial charge is 0.338 e. The number of rotatable bonds is 6. The fraction of sp³-hybridized carbons (Fsp3) is 0.211. The van der Waals surface area contributed by atoms with Crippen LogP contribution < -0.4 is 16.4 Å². The van der Waals surface area contributed by atoms with Crippen LogP contribution in [0.5, 0.6) is 0 Å². The normalized spacial score (nSPS) is 11.3. The standard InChI is InChI=1S/C19H21N3O4/c1-3-17(26-19(25)13-4-6-14(20)7-5-13)18(24)22-16-10-8-15(9-11-16)21-12(2)23/h4-11,17H,3,20H2,1-2H3,(H,21,23)(H,22,24). The Morgan fingerprint density at radius 2 is 1.50 bits per heavy atom. The van der Waals surface area contributed by atoms with Crippen molar-refractivity contribution in [1.82, 2.24) is 0 Å². The fourth-order valence-electron chi connectivity index (χ4n) is 2.20. The molecule has 0 aromatic heterocycles. The third-order valence-corrected chi connectivity index (χ3v) is 3.53. The molecule has 0 aliphatic rings. The second-order valence-corrected chi connectivity index (χ2v) is 5.67. The van der Waals surface area contributed by atoms with Crippen molar-refractivity contribution < 1.29 is 19.1 Å². The van der Waals surface area contributed by atoms with Gasteiger partial charge in [-0.2, -0.15) is 0 Å². The lowest BCUT2D eigenvalue weighted by Gasteiger charge is -2.16. The number of hydrogen-bond acceptors (Lipinski definition) is 5. The maximum absolute atomic E-state index is 12.3. The molecule has 0 heterocycles. The lowest BCUT2D eigenvalue weighted by molar-refractivity contribution is -0.124. The van der Waals surface area contributed by atoms with Gasteiger partial charge in [0.25, 0.3) is 5.91 Å². The Hall–Kier alpha value is -3.35. The van der Waals surface area contributed by atoms with Gasteiger partial charge in [-0.3, -0.25) is 9.59 Å². The molecule has 2 aromatic rings. The van der Waals surface area contributed by atoms with E-state index in [9.17, 15) is 14.4 Å².